The van der Waals surface area contributed by atoms with Crippen LogP contribution >= 0.6 is 44.5 Å². The molecule has 0 aliphatic heterocycles. The summed E-state index contributed by atoms with van der Waals surface area (Å²) < 4.78 is 1.85. The Morgan fingerprint density at radius 1 is 1.26 bits per heavy atom. The molecule has 0 amide bonds. The van der Waals surface area contributed by atoms with E-state index in [0.29, 0.717) is 11.7 Å². The normalized spacial score (nSPS) is 25.3. The van der Waals surface area contributed by atoms with Gasteiger partial charge in [0.15, 0.2) is 0 Å². The standard InChI is InChI=1S/C13H18Br2N2OS/c14-7-5-10(12(16)11(15)6-7)13(19)17-8-1-3-9(18)4-2-8/h5-6,8-9,13,17-19H,1-4,16H2/t8-,9-,13?. The molecule has 6 heteroatoms. The summed E-state index contributed by atoms with van der Waals surface area (Å²) in [5, 5.41) is 12.9. The maximum atomic E-state index is 9.52. The monoisotopic (exact) mass is 408 g/mol. The zero-order chi connectivity index (χ0) is 14.0. The van der Waals surface area contributed by atoms with Gasteiger partial charge < -0.3 is 10.8 Å². The SMILES string of the molecule is Nc1c(Br)cc(Br)cc1C(S)N[C@H]1CC[C@H](O)CC1. The number of nitrogen functional groups attached to an aromatic ring is 1. The highest BCUT2D eigenvalue weighted by Crippen LogP contribution is 2.34. The van der Waals surface area contributed by atoms with Crippen molar-refractivity contribution < 1.29 is 5.11 Å². The molecule has 3 nitrogen and oxygen atoms in total. The van der Waals surface area contributed by atoms with E-state index in [2.05, 4.69) is 49.8 Å². The van der Waals surface area contributed by atoms with Crippen LogP contribution in [-0.2, 0) is 0 Å². The van der Waals surface area contributed by atoms with Crippen molar-refractivity contribution in [2.24, 2.45) is 0 Å². The molecular weight excluding hydrogens is 392 g/mol. The third-order valence-electron chi connectivity index (χ3n) is 3.51. The fraction of sp³-hybridized carbons (Fsp3) is 0.538. The van der Waals surface area contributed by atoms with Crippen LogP contribution in [0.15, 0.2) is 21.1 Å². The predicted molar refractivity (Wildman–Crippen MR) is 89.4 cm³/mol. The maximum absolute atomic E-state index is 9.52. The summed E-state index contributed by atoms with van der Waals surface area (Å²) in [4.78, 5) is 0. The van der Waals surface area contributed by atoms with Crippen molar-refractivity contribution in [1.82, 2.24) is 5.32 Å². The highest BCUT2D eigenvalue weighted by Gasteiger charge is 2.22. The molecule has 1 aromatic rings. The van der Waals surface area contributed by atoms with Gasteiger partial charge in [0.05, 0.1) is 17.2 Å². The molecule has 2 rings (SSSR count). The van der Waals surface area contributed by atoms with E-state index in [9.17, 15) is 5.11 Å². The van der Waals surface area contributed by atoms with Crippen LogP contribution in [0, 0.1) is 0 Å². The van der Waals surface area contributed by atoms with Crippen LogP contribution in [0.5, 0.6) is 0 Å². The number of nitrogens with one attached hydrogen (secondary N) is 1. The number of rotatable bonds is 3. The molecule has 1 aliphatic rings. The van der Waals surface area contributed by atoms with Crippen molar-refractivity contribution in [3.63, 3.8) is 0 Å². The predicted octanol–water partition coefficient (Wildman–Crippen LogP) is 3.62. The lowest BCUT2D eigenvalue weighted by atomic mass is 9.93. The number of aliphatic hydroxyl groups is 1. The van der Waals surface area contributed by atoms with E-state index in [0.717, 1.165) is 40.2 Å². The molecule has 0 radical (unpaired) electrons. The van der Waals surface area contributed by atoms with E-state index >= 15 is 0 Å². The van der Waals surface area contributed by atoms with Crippen molar-refractivity contribution in [3.05, 3.63) is 26.6 Å². The lowest BCUT2D eigenvalue weighted by Gasteiger charge is -2.29. The summed E-state index contributed by atoms with van der Waals surface area (Å²) in [6, 6.07) is 4.31. The highest BCUT2D eigenvalue weighted by molar-refractivity contribution is 9.11. The van der Waals surface area contributed by atoms with Gasteiger partial charge in [-0.1, -0.05) is 15.9 Å². The number of nitrogens with two attached hydrogens (primary N) is 1. The van der Waals surface area contributed by atoms with Gasteiger partial charge in [0.2, 0.25) is 0 Å². The molecule has 0 saturated heterocycles. The maximum Gasteiger partial charge on any atom is 0.0782 e. The highest BCUT2D eigenvalue weighted by atomic mass is 79.9. The Morgan fingerprint density at radius 3 is 2.53 bits per heavy atom. The fourth-order valence-corrected chi connectivity index (χ4v) is 4.07. The average Bonchev–Trinajstić information content (AvgIpc) is 2.36. The van der Waals surface area contributed by atoms with Gasteiger partial charge in [-0.25, -0.2) is 0 Å². The second-order valence-electron chi connectivity index (χ2n) is 4.97. The summed E-state index contributed by atoms with van der Waals surface area (Å²) in [7, 11) is 0. The summed E-state index contributed by atoms with van der Waals surface area (Å²) in [6.45, 7) is 0. The van der Waals surface area contributed by atoms with Crippen LogP contribution in [0.25, 0.3) is 0 Å². The topological polar surface area (TPSA) is 58.3 Å². The van der Waals surface area contributed by atoms with E-state index in [4.69, 9.17) is 5.73 Å². The number of thiol groups is 1. The van der Waals surface area contributed by atoms with Gasteiger partial charge in [0, 0.05) is 20.6 Å². The minimum atomic E-state index is -0.137. The van der Waals surface area contributed by atoms with Crippen LogP contribution in [-0.4, -0.2) is 17.3 Å². The molecule has 0 aromatic heterocycles. The van der Waals surface area contributed by atoms with Crippen LogP contribution in [0.2, 0.25) is 0 Å². The second kappa shape index (κ2) is 6.80. The van der Waals surface area contributed by atoms with Crippen molar-refractivity contribution >= 4 is 50.2 Å². The van der Waals surface area contributed by atoms with Gasteiger partial charge in [0.25, 0.3) is 0 Å². The summed E-state index contributed by atoms with van der Waals surface area (Å²) >= 11 is 11.5. The van der Waals surface area contributed by atoms with Crippen LogP contribution in [0.1, 0.15) is 36.6 Å². The molecule has 106 valence electrons. The van der Waals surface area contributed by atoms with Gasteiger partial charge >= 0.3 is 0 Å². The molecule has 1 unspecified atom stereocenters. The first-order valence-electron chi connectivity index (χ1n) is 6.34. The number of aliphatic hydroxyl groups excluding tert-OH is 1. The van der Waals surface area contributed by atoms with E-state index in [-0.39, 0.29) is 11.5 Å². The molecule has 19 heavy (non-hydrogen) atoms. The first kappa shape index (κ1) is 15.6. The summed E-state index contributed by atoms with van der Waals surface area (Å²) in [6.07, 6.45) is 3.54. The minimum absolute atomic E-state index is 0.103. The first-order valence-corrected chi connectivity index (χ1v) is 8.44. The minimum Gasteiger partial charge on any atom is -0.398 e. The van der Waals surface area contributed by atoms with Crippen LogP contribution < -0.4 is 11.1 Å². The molecule has 0 heterocycles. The summed E-state index contributed by atoms with van der Waals surface area (Å²) in [5.74, 6) is 0. The Kier molecular flexibility index (Phi) is 5.60. The Bertz CT molecular complexity index is 451. The Balaban J connectivity index is 2.05. The Labute approximate surface area is 136 Å². The molecule has 4 N–H and O–H groups in total. The zero-order valence-electron chi connectivity index (χ0n) is 10.4. The van der Waals surface area contributed by atoms with Gasteiger partial charge in [-0.3, -0.25) is 5.32 Å². The molecule has 1 aromatic carbocycles. The van der Waals surface area contributed by atoms with Gasteiger partial charge in [0.1, 0.15) is 0 Å². The third-order valence-corrected chi connectivity index (χ3v) is 5.05. The number of hydrogen-bond acceptors (Lipinski definition) is 4. The van der Waals surface area contributed by atoms with Crippen molar-refractivity contribution in [3.8, 4) is 0 Å². The molecule has 1 fully saturated rings. The first-order chi connectivity index (χ1) is 8.97. The summed E-state index contributed by atoms with van der Waals surface area (Å²) in [5.41, 5.74) is 7.77. The lowest BCUT2D eigenvalue weighted by Crippen LogP contribution is -2.35. The number of halogens is 2. The van der Waals surface area contributed by atoms with Crippen LogP contribution in [0.4, 0.5) is 5.69 Å². The molecule has 1 atom stereocenters. The van der Waals surface area contributed by atoms with E-state index in [1.54, 1.807) is 0 Å². The van der Waals surface area contributed by atoms with E-state index < -0.39 is 0 Å². The lowest BCUT2D eigenvalue weighted by molar-refractivity contribution is 0.116. The molecule has 0 bridgehead atoms. The smallest absolute Gasteiger partial charge is 0.0782 e. The van der Waals surface area contributed by atoms with Crippen molar-refractivity contribution in [2.45, 2.75) is 43.2 Å². The molecule has 1 aliphatic carbocycles. The molecule has 1 saturated carbocycles. The van der Waals surface area contributed by atoms with Gasteiger partial charge in [-0.15, -0.1) is 0 Å². The molecule has 0 spiro atoms. The quantitative estimate of drug-likeness (QED) is 0.350. The van der Waals surface area contributed by atoms with Gasteiger partial charge in [-0.2, -0.15) is 12.6 Å². The van der Waals surface area contributed by atoms with Crippen molar-refractivity contribution in [1.29, 1.82) is 0 Å². The average molecular weight is 410 g/mol. The van der Waals surface area contributed by atoms with E-state index in [1.165, 1.54) is 0 Å². The second-order valence-corrected chi connectivity index (χ2v) is 7.25. The van der Waals surface area contributed by atoms with Crippen molar-refractivity contribution in [2.75, 3.05) is 5.73 Å². The van der Waals surface area contributed by atoms with Gasteiger partial charge in [-0.05, 0) is 53.7 Å². The number of anilines is 1. The largest absolute Gasteiger partial charge is 0.398 e. The Morgan fingerprint density at radius 2 is 1.89 bits per heavy atom. The number of hydrogen-bond donors (Lipinski definition) is 4. The number of benzene rings is 1. The zero-order valence-corrected chi connectivity index (χ0v) is 14.5. The van der Waals surface area contributed by atoms with E-state index in [1.807, 2.05) is 12.1 Å². The molecular formula is C13H18Br2N2OS. The van der Waals surface area contributed by atoms with Crippen LogP contribution in [0.3, 0.4) is 0 Å². The third kappa shape index (κ3) is 4.11. The fourth-order valence-electron chi connectivity index (χ4n) is 2.39. The Hall–Kier alpha value is 0.250.